The van der Waals surface area contributed by atoms with Gasteiger partial charge in [-0.1, -0.05) is 24.3 Å². The molecule has 0 saturated carbocycles. The average Bonchev–Trinajstić information content (AvgIpc) is 2.77. The fraction of sp³-hybridized carbons (Fsp3) is 0.250. The fourth-order valence-corrected chi connectivity index (χ4v) is 2.80. The van der Waals surface area contributed by atoms with Crippen molar-refractivity contribution in [2.45, 2.75) is 12.8 Å². The van der Waals surface area contributed by atoms with E-state index in [1.54, 1.807) is 21.3 Å². The molecule has 0 aliphatic rings. The number of benzene rings is 2. The van der Waals surface area contributed by atoms with Crippen LogP contribution in [0.3, 0.4) is 0 Å². The van der Waals surface area contributed by atoms with E-state index in [0.717, 1.165) is 29.5 Å². The monoisotopic (exact) mass is 390 g/mol. The smallest absolute Gasteiger partial charge is 0.161 e. The van der Waals surface area contributed by atoms with Crippen LogP contribution in [0.2, 0.25) is 0 Å². The third kappa shape index (κ3) is 5.98. The van der Waals surface area contributed by atoms with Crippen molar-refractivity contribution >= 4 is 17.4 Å². The molecule has 0 aliphatic carbocycles. The fourth-order valence-electron chi connectivity index (χ4n) is 2.80. The Balaban J connectivity index is 2.55. The van der Waals surface area contributed by atoms with E-state index < -0.39 is 0 Å². The lowest BCUT2D eigenvalue weighted by Gasteiger charge is -2.11. The lowest BCUT2D eigenvalue weighted by molar-refractivity contribution is 0.355. The molecule has 2 aromatic carbocycles. The highest BCUT2D eigenvalue weighted by Crippen LogP contribution is 2.30. The molecule has 5 nitrogen and oxygen atoms in total. The van der Waals surface area contributed by atoms with E-state index in [1.165, 1.54) is 0 Å². The van der Waals surface area contributed by atoms with E-state index >= 15 is 0 Å². The van der Waals surface area contributed by atoms with Crippen LogP contribution in [-0.2, 0) is 0 Å². The van der Waals surface area contributed by atoms with Crippen LogP contribution in [0.4, 0.5) is 0 Å². The molecule has 0 bridgehead atoms. The summed E-state index contributed by atoms with van der Waals surface area (Å²) in [5.74, 6) is 1.98. The zero-order valence-corrected chi connectivity index (χ0v) is 17.1. The number of allylic oxidation sites excluding steroid dienone is 2. The van der Waals surface area contributed by atoms with Gasteiger partial charge < -0.3 is 14.2 Å². The summed E-state index contributed by atoms with van der Waals surface area (Å²) in [5, 5.41) is 9.78. The minimum absolute atomic E-state index is 0.372. The SMILES string of the molecule is C=CCCCN=C(C#N)/C(=C/c1ccc(OC)c(OC)c1)c1cccc(OC)c1. The third-order valence-corrected chi connectivity index (χ3v) is 4.30. The van der Waals surface area contributed by atoms with E-state index in [1.807, 2.05) is 54.6 Å². The highest BCUT2D eigenvalue weighted by molar-refractivity contribution is 6.34. The first kappa shape index (κ1) is 21.8. The van der Waals surface area contributed by atoms with Crippen molar-refractivity contribution in [1.82, 2.24) is 0 Å². The Bertz CT molecular complexity index is 939. The second-order valence-corrected chi connectivity index (χ2v) is 6.18. The Morgan fingerprint density at radius 1 is 1.07 bits per heavy atom. The number of ether oxygens (including phenoxy) is 3. The van der Waals surface area contributed by atoms with Crippen molar-refractivity contribution < 1.29 is 14.2 Å². The van der Waals surface area contributed by atoms with Crippen LogP contribution in [0.1, 0.15) is 24.0 Å². The van der Waals surface area contributed by atoms with Gasteiger partial charge in [-0.25, -0.2) is 0 Å². The quantitative estimate of drug-likeness (QED) is 0.243. The third-order valence-electron chi connectivity index (χ3n) is 4.30. The van der Waals surface area contributed by atoms with Gasteiger partial charge in [-0.05, 0) is 54.3 Å². The van der Waals surface area contributed by atoms with Crippen LogP contribution < -0.4 is 14.2 Å². The normalized spacial score (nSPS) is 11.5. The lowest BCUT2D eigenvalue weighted by atomic mass is 9.98. The summed E-state index contributed by atoms with van der Waals surface area (Å²) in [7, 11) is 4.81. The van der Waals surface area contributed by atoms with Crippen molar-refractivity contribution in [3.8, 4) is 23.3 Å². The zero-order valence-electron chi connectivity index (χ0n) is 17.1. The minimum Gasteiger partial charge on any atom is -0.497 e. The van der Waals surface area contributed by atoms with Crippen LogP contribution in [-0.4, -0.2) is 33.6 Å². The number of methoxy groups -OCH3 is 3. The molecule has 5 heteroatoms. The Morgan fingerprint density at radius 2 is 1.86 bits per heavy atom. The molecular weight excluding hydrogens is 364 g/mol. The predicted octanol–water partition coefficient (Wildman–Crippen LogP) is 5.18. The second kappa shape index (κ2) is 11.4. The first-order valence-electron chi connectivity index (χ1n) is 9.30. The second-order valence-electron chi connectivity index (χ2n) is 6.18. The van der Waals surface area contributed by atoms with Gasteiger partial charge in [-0.3, -0.25) is 4.99 Å². The zero-order chi connectivity index (χ0) is 21.1. The molecule has 150 valence electrons. The molecule has 0 aliphatic heterocycles. The van der Waals surface area contributed by atoms with Gasteiger partial charge in [-0.15, -0.1) is 6.58 Å². The summed E-state index contributed by atoms with van der Waals surface area (Å²) in [6, 6.07) is 15.4. The standard InChI is InChI=1S/C24H26N2O3/c1-5-6-7-13-26-22(17-25)21(19-9-8-10-20(16-19)27-2)14-18-11-12-23(28-3)24(15-18)29-4/h5,8-12,14-16H,1,6-7,13H2,2-4H3/b21-14+,26-22?. The Labute approximate surface area is 172 Å². The van der Waals surface area contributed by atoms with Gasteiger partial charge in [0.25, 0.3) is 0 Å². The average molecular weight is 390 g/mol. The Kier molecular flexibility index (Phi) is 8.52. The maximum absolute atomic E-state index is 9.78. The van der Waals surface area contributed by atoms with E-state index in [4.69, 9.17) is 14.2 Å². The van der Waals surface area contributed by atoms with E-state index in [2.05, 4.69) is 17.6 Å². The minimum atomic E-state index is 0.372. The molecule has 0 N–H and O–H groups in total. The topological polar surface area (TPSA) is 63.8 Å². The van der Waals surface area contributed by atoms with Gasteiger partial charge in [0, 0.05) is 12.1 Å². The molecule has 2 rings (SSSR count). The molecule has 0 spiro atoms. The summed E-state index contributed by atoms with van der Waals surface area (Å²) in [5.41, 5.74) is 2.81. The number of hydrogen-bond donors (Lipinski definition) is 0. The maximum Gasteiger partial charge on any atom is 0.161 e. The van der Waals surface area contributed by atoms with Crippen molar-refractivity contribution in [2.24, 2.45) is 4.99 Å². The van der Waals surface area contributed by atoms with Gasteiger partial charge in [0.1, 0.15) is 17.5 Å². The molecule has 0 amide bonds. The molecule has 0 heterocycles. The molecule has 0 unspecified atom stereocenters. The first-order valence-corrected chi connectivity index (χ1v) is 9.30. The molecule has 0 atom stereocenters. The van der Waals surface area contributed by atoms with Gasteiger partial charge in [0.05, 0.1) is 21.3 Å². The van der Waals surface area contributed by atoms with Crippen LogP contribution in [0.15, 0.2) is 60.1 Å². The number of unbranched alkanes of at least 4 members (excludes halogenated alkanes) is 1. The molecule has 29 heavy (non-hydrogen) atoms. The number of nitriles is 1. The van der Waals surface area contributed by atoms with E-state index in [0.29, 0.717) is 29.5 Å². The predicted molar refractivity (Wildman–Crippen MR) is 118 cm³/mol. The van der Waals surface area contributed by atoms with Gasteiger partial charge in [0.15, 0.2) is 11.5 Å². The summed E-state index contributed by atoms with van der Waals surface area (Å²) >= 11 is 0. The van der Waals surface area contributed by atoms with Crippen molar-refractivity contribution in [1.29, 1.82) is 5.26 Å². The van der Waals surface area contributed by atoms with Crippen molar-refractivity contribution in [3.63, 3.8) is 0 Å². The van der Waals surface area contributed by atoms with Crippen LogP contribution >= 0.6 is 0 Å². The van der Waals surface area contributed by atoms with E-state index in [9.17, 15) is 5.26 Å². The van der Waals surface area contributed by atoms with Crippen LogP contribution in [0.5, 0.6) is 17.2 Å². The van der Waals surface area contributed by atoms with Gasteiger partial charge >= 0.3 is 0 Å². The number of rotatable bonds is 10. The molecule has 0 aromatic heterocycles. The molecule has 0 radical (unpaired) electrons. The number of hydrogen-bond acceptors (Lipinski definition) is 5. The van der Waals surface area contributed by atoms with Crippen LogP contribution in [0, 0.1) is 11.3 Å². The summed E-state index contributed by atoms with van der Waals surface area (Å²) in [6.45, 7) is 4.28. The van der Waals surface area contributed by atoms with E-state index in [-0.39, 0.29) is 0 Å². The Morgan fingerprint density at radius 3 is 2.52 bits per heavy atom. The summed E-state index contributed by atoms with van der Waals surface area (Å²) in [6.07, 6.45) is 5.48. The Hall–Kier alpha value is -3.52. The van der Waals surface area contributed by atoms with Gasteiger partial charge in [0.2, 0.25) is 0 Å². The number of nitrogens with zero attached hydrogens (tertiary/aromatic N) is 2. The van der Waals surface area contributed by atoms with Crippen molar-refractivity contribution in [2.75, 3.05) is 27.9 Å². The maximum atomic E-state index is 9.78. The highest BCUT2D eigenvalue weighted by Gasteiger charge is 2.12. The van der Waals surface area contributed by atoms with Gasteiger partial charge in [-0.2, -0.15) is 5.26 Å². The summed E-state index contributed by atoms with van der Waals surface area (Å²) in [4.78, 5) is 4.53. The van der Waals surface area contributed by atoms with Crippen LogP contribution in [0.25, 0.3) is 11.6 Å². The summed E-state index contributed by atoms with van der Waals surface area (Å²) < 4.78 is 16.1. The molecule has 0 saturated heterocycles. The largest absolute Gasteiger partial charge is 0.497 e. The molecular formula is C24H26N2O3. The molecule has 0 fully saturated rings. The number of aliphatic imine (C=N–C) groups is 1. The first-order chi connectivity index (χ1) is 14.2. The lowest BCUT2D eigenvalue weighted by Crippen LogP contribution is -2.02. The highest BCUT2D eigenvalue weighted by atomic mass is 16.5. The molecule has 2 aromatic rings. The van der Waals surface area contributed by atoms with Crippen molar-refractivity contribution in [3.05, 3.63) is 66.2 Å².